The summed E-state index contributed by atoms with van der Waals surface area (Å²) in [6.07, 6.45) is 2.99. The first-order valence-electron chi connectivity index (χ1n) is 6.11. The summed E-state index contributed by atoms with van der Waals surface area (Å²) in [4.78, 5) is 11.9. The lowest BCUT2D eigenvalue weighted by Gasteiger charge is -2.13. The third-order valence-electron chi connectivity index (χ3n) is 2.69. The van der Waals surface area contributed by atoms with Gasteiger partial charge in [-0.15, -0.1) is 5.10 Å². The monoisotopic (exact) mass is 260 g/mol. The Kier molecular flexibility index (Phi) is 4.19. The Morgan fingerprint density at radius 2 is 2.26 bits per heavy atom. The maximum Gasteiger partial charge on any atom is 0.241 e. The molecule has 0 bridgehead atoms. The molecule has 100 valence electrons. The van der Waals surface area contributed by atoms with Crippen LogP contribution in [0, 0.1) is 0 Å². The van der Waals surface area contributed by atoms with Gasteiger partial charge in [-0.05, 0) is 29.0 Å². The second kappa shape index (κ2) is 6.05. The molecule has 7 nitrogen and oxygen atoms in total. The molecule has 0 saturated carbocycles. The molecule has 1 atom stereocenters. The van der Waals surface area contributed by atoms with Gasteiger partial charge >= 0.3 is 0 Å². The van der Waals surface area contributed by atoms with Crippen LogP contribution in [0.25, 0.3) is 5.69 Å². The summed E-state index contributed by atoms with van der Waals surface area (Å²) in [6.45, 7) is 1.99. The molecule has 3 N–H and O–H groups in total. The first-order chi connectivity index (χ1) is 9.22. The standard InChI is InChI=1S/C12H16N6O/c1-2-5-9(13)12(19)15-10-6-3-4-7-11(10)18-8-14-16-17-18/h3-4,6-9H,2,5,13H2,1H3,(H,15,19)/t9-/m1/s1. The summed E-state index contributed by atoms with van der Waals surface area (Å²) in [5.41, 5.74) is 7.11. The fourth-order valence-corrected chi connectivity index (χ4v) is 1.72. The Morgan fingerprint density at radius 3 is 2.95 bits per heavy atom. The van der Waals surface area contributed by atoms with Crippen LogP contribution in [-0.2, 0) is 4.79 Å². The number of carbonyl (C=O) groups is 1. The van der Waals surface area contributed by atoms with Crippen molar-refractivity contribution in [3.8, 4) is 5.69 Å². The zero-order valence-corrected chi connectivity index (χ0v) is 10.7. The van der Waals surface area contributed by atoms with Gasteiger partial charge in [0.25, 0.3) is 0 Å². The summed E-state index contributed by atoms with van der Waals surface area (Å²) in [5.74, 6) is -0.206. The molecule has 1 amide bonds. The summed E-state index contributed by atoms with van der Waals surface area (Å²) >= 11 is 0. The molecule has 0 saturated heterocycles. The van der Waals surface area contributed by atoms with Gasteiger partial charge in [-0.2, -0.15) is 4.68 Å². The second-order valence-electron chi connectivity index (χ2n) is 4.16. The third kappa shape index (κ3) is 3.14. The number of nitrogens with one attached hydrogen (secondary N) is 1. The molecule has 1 aromatic carbocycles. The average Bonchev–Trinajstić information content (AvgIpc) is 2.93. The SMILES string of the molecule is CCC[C@@H](N)C(=O)Nc1ccccc1-n1cnnn1. The fraction of sp³-hybridized carbons (Fsp3) is 0.333. The average molecular weight is 260 g/mol. The van der Waals surface area contributed by atoms with E-state index < -0.39 is 6.04 Å². The quantitative estimate of drug-likeness (QED) is 0.825. The molecule has 0 aliphatic carbocycles. The number of tetrazole rings is 1. The van der Waals surface area contributed by atoms with Crippen molar-refractivity contribution in [3.05, 3.63) is 30.6 Å². The van der Waals surface area contributed by atoms with E-state index in [0.717, 1.165) is 6.42 Å². The normalized spacial score (nSPS) is 12.1. The molecule has 0 aliphatic rings. The Hall–Kier alpha value is -2.28. The number of amides is 1. The number of hydrogen-bond donors (Lipinski definition) is 2. The second-order valence-corrected chi connectivity index (χ2v) is 4.16. The minimum atomic E-state index is -0.507. The van der Waals surface area contributed by atoms with Crippen molar-refractivity contribution in [2.24, 2.45) is 5.73 Å². The lowest BCUT2D eigenvalue weighted by Crippen LogP contribution is -2.35. The number of para-hydroxylation sites is 2. The van der Waals surface area contributed by atoms with Crippen LogP contribution in [0.15, 0.2) is 30.6 Å². The number of anilines is 1. The van der Waals surface area contributed by atoms with E-state index in [1.165, 1.54) is 11.0 Å². The van der Waals surface area contributed by atoms with Crippen molar-refractivity contribution >= 4 is 11.6 Å². The van der Waals surface area contributed by atoms with E-state index >= 15 is 0 Å². The molecule has 7 heteroatoms. The third-order valence-corrected chi connectivity index (χ3v) is 2.69. The maximum atomic E-state index is 11.9. The number of aromatic nitrogens is 4. The van der Waals surface area contributed by atoms with Crippen LogP contribution >= 0.6 is 0 Å². The minimum absolute atomic E-state index is 0.206. The summed E-state index contributed by atoms with van der Waals surface area (Å²) in [7, 11) is 0. The molecular formula is C12H16N6O. The zero-order chi connectivity index (χ0) is 13.7. The van der Waals surface area contributed by atoms with E-state index in [0.29, 0.717) is 17.8 Å². The van der Waals surface area contributed by atoms with E-state index in [-0.39, 0.29) is 5.91 Å². The van der Waals surface area contributed by atoms with Crippen molar-refractivity contribution in [1.29, 1.82) is 0 Å². The van der Waals surface area contributed by atoms with Crippen LogP contribution in [0.2, 0.25) is 0 Å². The summed E-state index contributed by atoms with van der Waals surface area (Å²) in [5, 5.41) is 13.8. The lowest BCUT2D eigenvalue weighted by molar-refractivity contribution is -0.117. The topological polar surface area (TPSA) is 98.7 Å². The number of hydrogen-bond acceptors (Lipinski definition) is 5. The van der Waals surface area contributed by atoms with Crippen molar-refractivity contribution in [2.45, 2.75) is 25.8 Å². The molecule has 1 aromatic heterocycles. The van der Waals surface area contributed by atoms with E-state index in [1.807, 2.05) is 25.1 Å². The van der Waals surface area contributed by atoms with Crippen molar-refractivity contribution in [3.63, 3.8) is 0 Å². The Balaban J connectivity index is 2.19. The maximum absolute atomic E-state index is 11.9. The molecule has 0 aliphatic heterocycles. The predicted octanol–water partition coefficient (Wildman–Crippen LogP) is 0.728. The molecule has 0 fully saturated rings. The Morgan fingerprint density at radius 1 is 1.47 bits per heavy atom. The Labute approximate surface area is 110 Å². The highest BCUT2D eigenvalue weighted by molar-refractivity contribution is 5.96. The van der Waals surface area contributed by atoms with Crippen LogP contribution in [-0.4, -0.2) is 32.2 Å². The molecule has 19 heavy (non-hydrogen) atoms. The fourth-order valence-electron chi connectivity index (χ4n) is 1.72. The van der Waals surface area contributed by atoms with Crippen LogP contribution in [0.3, 0.4) is 0 Å². The highest BCUT2D eigenvalue weighted by atomic mass is 16.2. The van der Waals surface area contributed by atoms with Crippen LogP contribution in [0.5, 0.6) is 0 Å². The van der Waals surface area contributed by atoms with Gasteiger partial charge in [-0.1, -0.05) is 25.5 Å². The number of benzene rings is 1. The van der Waals surface area contributed by atoms with Crippen LogP contribution in [0.4, 0.5) is 5.69 Å². The van der Waals surface area contributed by atoms with E-state index in [9.17, 15) is 4.79 Å². The van der Waals surface area contributed by atoms with E-state index in [2.05, 4.69) is 20.8 Å². The van der Waals surface area contributed by atoms with Gasteiger partial charge in [-0.25, -0.2) is 0 Å². The van der Waals surface area contributed by atoms with Gasteiger partial charge in [0.2, 0.25) is 5.91 Å². The van der Waals surface area contributed by atoms with Gasteiger partial charge in [0.15, 0.2) is 0 Å². The van der Waals surface area contributed by atoms with Gasteiger partial charge in [-0.3, -0.25) is 4.79 Å². The highest BCUT2D eigenvalue weighted by Gasteiger charge is 2.14. The molecular weight excluding hydrogens is 244 g/mol. The van der Waals surface area contributed by atoms with Gasteiger partial charge < -0.3 is 11.1 Å². The van der Waals surface area contributed by atoms with Crippen LogP contribution < -0.4 is 11.1 Å². The van der Waals surface area contributed by atoms with Crippen molar-refractivity contribution in [2.75, 3.05) is 5.32 Å². The summed E-state index contributed by atoms with van der Waals surface area (Å²) < 4.78 is 1.49. The van der Waals surface area contributed by atoms with Gasteiger partial charge in [0.1, 0.15) is 6.33 Å². The van der Waals surface area contributed by atoms with Crippen LogP contribution in [0.1, 0.15) is 19.8 Å². The smallest absolute Gasteiger partial charge is 0.241 e. The number of nitrogens with zero attached hydrogens (tertiary/aromatic N) is 4. The summed E-state index contributed by atoms with van der Waals surface area (Å²) in [6, 6.07) is 6.77. The molecule has 1 heterocycles. The van der Waals surface area contributed by atoms with Crippen molar-refractivity contribution in [1.82, 2.24) is 20.2 Å². The molecule has 0 unspecified atom stereocenters. The molecule has 0 radical (unpaired) electrons. The largest absolute Gasteiger partial charge is 0.323 e. The van der Waals surface area contributed by atoms with E-state index in [1.54, 1.807) is 6.07 Å². The van der Waals surface area contributed by atoms with Gasteiger partial charge in [0.05, 0.1) is 17.4 Å². The Bertz CT molecular complexity index is 539. The molecule has 0 spiro atoms. The first-order valence-corrected chi connectivity index (χ1v) is 6.11. The number of rotatable bonds is 5. The zero-order valence-electron chi connectivity index (χ0n) is 10.7. The molecule has 2 rings (SSSR count). The number of nitrogens with two attached hydrogens (primary N) is 1. The van der Waals surface area contributed by atoms with Crippen molar-refractivity contribution < 1.29 is 4.79 Å². The highest BCUT2D eigenvalue weighted by Crippen LogP contribution is 2.18. The lowest BCUT2D eigenvalue weighted by atomic mass is 10.1. The predicted molar refractivity (Wildman–Crippen MR) is 70.7 cm³/mol. The number of carbonyl (C=O) groups excluding carboxylic acids is 1. The van der Waals surface area contributed by atoms with Gasteiger partial charge in [0, 0.05) is 0 Å². The molecule has 2 aromatic rings. The van der Waals surface area contributed by atoms with E-state index in [4.69, 9.17) is 5.73 Å². The first kappa shape index (κ1) is 13.2. The minimum Gasteiger partial charge on any atom is -0.323 e.